The molecule has 0 fully saturated rings. The number of carbonyl (C=O) groups excluding carboxylic acids is 1. The van der Waals surface area contributed by atoms with Crippen LogP contribution in [0.1, 0.15) is 49.7 Å². The largest absolute Gasteiger partial charge is 0.464 e. The fourth-order valence-electron chi connectivity index (χ4n) is 1.75. The Morgan fingerprint density at radius 3 is 2.45 bits per heavy atom. The van der Waals surface area contributed by atoms with E-state index in [1.807, 2.05) is 27.7 Å². The van der Waals surface area contributed by atoms with Crippen LogP contribution in [0, 0.1) is 6.92 Å². The molecular formula is C14H24N2O4. The highest BCUT2D eigenvalue weighted by Crippen LogP contribution is 2.13. The summed E-state index contributed by atoms with van der Waals surface area (Å²) >= 11 is 0. The molecule has 1 heterocycles. The predicted molar refractivity (Wildman–Crippen MR) is 74.8 cm³/mol. The van der Waals surface area contributed by atoms with Crippen molar-refractivity contribution in [2.75, 3.05) is 20.3 Å². The summed E-state index contributed by atoms with van der Waals surface area (Å²) in [4.78, 5) is 21.7. The highest BCUT2D eigenvalue weighted by molar-refractivity contribution is 5.88. The van der Waals surface area contributed by atoms with E-state index in [0.717, 1.165) is 0 Å². The molecule has 1 aromatic heterocycles. The van der Waals surface area contributed by atoms with Crippen molar-refractivity contribution >= 4 is 5.97 Å². The lowest BCUT2D eigenvalue weighted by atomic mass is 10.2. The number of methoxy groups -OCH3 is 1. The Hall–Kier alpha value is -1.56. The third-order valence-electron chi connectivity index (χ3n) is 2.62. The predicted octanol–water partition coefficient (Wildman–Crippen LogP) is 1.78. The summed E-state index contributed by atoms with van der Waals surface area (Å²) in [6, 6.07) is 0. The van der Waals surface area contributed by atoms with Crippen LogP contribution >= 0.6 is 0 Å². The number of aryl methyl sites for hydroxylation is 2. The zero-order valence-corrected chi connectivity index (χ0v) is 13.1. The summed E-state index contributed by atoms with van der Waals surface area (Å²) in [5.74, 6) is 0.178. The van der Waals surface area contributed by atoms with E-state index < -0.39 is 5.97 Å². The van der Waals surface area contributed by atoms with Gasteiger partial charge in [-0.2, -0.15) is 4.73 Å². The van der Waals surface area contributed by atoms with Gasteiger partial charge in [0, 0.05) is 0 Å². The Bertz CT molecular complexity index is 460. The van der Waals surface area contributed by atoms with Crippen LogP contribution in [0.2, 0.25) is 0 Å². The Morgan fingerprint density at radius 2 is 1.95 bits per heavy atom. The number of esters is 1. The fourth-order valence-corrected chi connectivity index (χ4v) is 1.75. The van der Waals surface area contributed by atoms with Crippen LogP contribution in [0.4, 0.5) is 0 Å². The monoisotopic (exact) mass is 284 g/mol. The van der Waals surface area contributed by atoms with Crippen molar-refractivity contribution in [3.63, 3.8) is 0 Å². The van der Waals surface area contributed by atoms with E-state index in [0.29, 0.717) is 36.8 Å². The van der Waals surface area contributed by atoms with Crippen molar-refractivity contribution < 1.29 is 19.1 Å². The summed E-state index contributed by atoms with van der Waals surface area (Å²) in [5, 5.41) is 0. The molecule has 0 aliphatic heterocycles. The molecule has 0 saturated carbocycles. The summed E-state index contributed by atoms with van der Waals surface area (Å²) in [6.45, 7) is 10.4. The van der Waals surface area contributed by atoms with Crippen molar-refractivity contribution in [1.29, 1.82) is 0 Å². The van der Waals surface area contributed by atoms with Gasteiger partial charge in [0.05, 0.1) is 25.0 Å². The van der Waals surface area contributed by atoms with E-state index in [1.165, 1.54) is 11.8 Å². The first-order chi connectivity index (χ1) is 9.30. The van der Waals surface area contributed by atoms with Crippen LogP contribution in [-0.4, -0.2) is 41.6 Å². The molecule has 0 aliphatic rings. The second-order valence-electron chi connectivity index (χ2n) is 5.39. The van der Waals surface area contributed by atoms with Crippen LogP contribution in [0.5, 0.6) is 0 Å². The van der Waals surface area contributed by atoms with E-state index in [2.05, 4.69) is 4.98 Å². The fraction of sp³-hybridized carbons (Fsp3) is 0.714. The second kappa shape index (κ2) is 6.74. The molecule has 0 saturated heterocycles. The summed E-state index contributed by atoms with van der Waals surface area (Å²) in [7, 11) is 1.34. The molecule has 0 aromatic carbocycles. The van der Waals surface area contributed by atoms with Gasteiger partial charge in [-0.25, -0.2) is 9.78 Å². The van der Waals surface area contributed by atoms with Gasteiger partial charge in [0.2, 0.25) is 0 Å². The van der Waals surface area contributed by atoms with Gasteiger partial charge in [0.15, 0.2) is 5.69 Å². The van der Waals surface area contributed by atoms with Crippen molar-refractivity contribution in [3.05, 3.63) is 17.2 Å². The second-order valence-corrected chi connectivity index (χ2v) is 5.39. The average molecular weight is 284 g/mol. The molecule has 0 bridgehead atoms. The first kappa shape index (κ1) is 16.5. The molecule has 0 aliphatic carbocycles. The van der Waals surface area contributed by atoms with E-state index in [-0.39, 0.29) is 5.60 Å². The zero-order valence-electron chi connectivity index (χ0n) is 13.1. The van der Waals surface area contributed by atoms with Gasteiger partial charge in [-0.1, -0.05) is 6.92 Å². The number of imidazole rings is 1. The standard InChI is InChI=1S/C14H24N2O4/c1-7-11-12(13(17)18-6)16(10(2)15-11)20-9-8-19-14(3,4)5/h7-9H2,1-6H3. The van der Waals surface area contributed by atoms with E-state index in [9.17, 15) is 4.79 Å². The number of hydrogen-bond donors (Lipinski definition) is 0. The number of ether oxygens (including phenoxy) is 2. The third-order valence-corrected chi connectivity index (χ3v) is 2.62. The Morgan fingerprint density at radius 1 is 1.30 bits per heavy atom. The van der Waals surface area contributed by atoms with Crippen LogP contribution in [0.25, 0.3) is 0 Å². The summed E-state index contributed by atoms with van der Waals surface area (Å²) in [6.07, 6.45) is 0.639. The van der Waals surface area contributed by atoms with Gasteiger partial charge in [0.1, 0.15) is 12.4 Å². The maximum Gasteiger partial charge on any atom is 0.360 e. The minimum absolute atomic E-state index is 0.215. The van der Waals surface area contributed by atoms with E-state index >= 15 is 0 Å². The van der Waals surface area contributed by atoms with E-state index in [1.54, 1.807) is 6.92 Å². The maximum absolute atomic E-state index is 11.8. The number of hydrogen-bond acceptors (Lipinski definition) is 5. The van der Waals surface area contributed by atoms with Crippen molar-refractivity contribution in [2.45, 2.75) is 46.6 Å². The third kappa shape index (κ3) is 4.23. The van der Waals surface area contributed by atoms with Gasteiger partial charge < -0.3 is 14.3 Å². The van der Waals surface area contributed by atoms with Crippen LogP contribution in [0.15, 0.2) is 0 Å². The number of nitrogens with zero attached hydrogens (tertiary/aromatic N) is 2. The first-order valence-corrected chi connectivity index (χ1v) is 6.74. The lowest BCUT2D eigenvalue weighted by Gasteiger charge is -2.20. The van der Waals surface area contributed by atoms with Gasteiger partial charge >= 0.3 is 5.97 Å². The van der Waals surface area contributed by atoms with Crippen molar-refractivity contribution in [2.24, 2.45) is 0 Å². The number of aromatic nitrogens is 2. The van der Waals surface area contributed by atoms with Gasteiger partial charge in [-0.05, 0) is 34.1 Å². The topological polar surface area (TPSA) is 62.6 Å². The molecule has 0 radical (unpaired) electrons. The number of carbonyl (C=O) groups is 1. The number of rotatable bonds is 6. The van der Waals surface area contributed by atoms with Crippen LogP contribution in [0.3, 0.4) is 0 Å². The first-order valence-electron chi connectivity index (χ1n) is 6.74. The smallest absolute Gasteiger partial charge is 0.360 e. The minimum Gasteiger partial charge on any atom is -0.464 e. The normalized spacial score (nSPS) is 11.5. The quantitative estimate of drug-likeness (QED) is 0.588. The summed E-state index contributed by atoms with van der Waals surface area (Å²) < 4.78 is 11.8. The van der Waals surface area contributed by atoms with Gasteiger partial charge in [-0.3, -0.25) is 0 Å². The Labute approximate surface area is 120 Å². The van der Waals surface area contributed by atoms with E-state index in [4.69, 9.17) is 14.3 Å². The highest BCUT2D eigenvalue weighted by Gasteiger charge is 2.22. The lowest BCUT2D eigenvalue weighted by molar-refractivity contribution is -0.0394. The molecule has 20 heavy (non-hydrogen) atoms. The Kier molecular flexibility index (Phi) is 5.56. The van der Waals surface area contributed by atoms with Crippen molar-refractivity contribution in [3.8, 4) is 0 Å². The Balaban J connectivity index is 2.78. The summed E-state index contributed by atoms with van der Waals surface area (Å²) in [5.41, 5.74) is 0.807. The van der Waals surface area contributed by atoms with Crippen molar-refractivity contribution in [1.82, 2.24) is 9.71 Å². The van der Waals surface area contributed by atoms with Crippen LogP contribution in [-0.2, 0) is 15.9 Å². The highest BCUT2D eigenvalue weighted by atomic mass is 16.7. The molecule has 0 N–H and O–H groups in total. The molecular weight excluding hydrogens is 260 g/mol. The molecule has 114 valence electrons. The SMILES string of the molecule is CCc1nc(C)n(OCCOC(C)(C)C)c1C(=O)OC. The van der Waals surface area contributed by atoms with Gasteiger partial charge in [-0.15, -0.1) is 0 Å². The zero-order chi connectivity index (χ0) is 15.3. The lowest BCUT2D eigenvalue weighted by Crippen LogP contribution is -2.27. The molecule has 0 spiro atoms. The molecule has 1 aromatic rings. The molecule has 0 amide bonds. The molecule has 0 unspecified atom stereocenters. The van der Waals surface area contributed by atoms with Crippen LogP contribution < -0.4 is 4.84 Å². The average Bonchev–Trinajstić information content (AvgIpc) is 2.69. The molecule has 1 rings (SSSR count). The molecule has 0 atom stereocenters. The van der Waals surface area contributed by atoms with Gasteiger partial charge in [0.25, 0.3) is 0 Å². The molecule has 6 heteroatoms. The molecule has 6 nitrogen and oxygen atoms in total. The minimum atomic E-state index is -0.445. The maximum atomic E-state index is 11.8.